The van der Waals surface area contributed by atoms with Gasteiger partial charge in [-0.25, -0.2) is 9.67 Å². The molecule has 4 nitrogen and oxygen atoms in total. The molecule has 0 saturated heterocycles. The van der Waals surface area contributed by atoms with Crippen molar-refractivity contribution in [1.29, 1.82) is 0 Å². The Bertz CT molecular complexity index is 553. The highest BCUT2D eigenvalue weighted by atomic mass is 15.3. The Hall–Kier alpha value is -2.23. The topological polar surface area (TPSA) is 43.6 Å². The number of hydrogen-bond acceptors (Lipinski definition) is 3. The second kappa shape index (κ2) is 3.16. The van der Waals surface area contributed by atoms with Gasteiger partial charge in [0.15, 0.2) is 5.65 Å². The van der Waals surface area contributed by atoms with Crippen LogP contribution >= 0.6 is 0 Å². The summed E-state index contributed by atoms with van der Waals surface area (Å²) >= 11 is 0. The van der Waals surface area contributed by atoms with Crippen LogP contribution in [0.25, 0.3) is 16.7 Å². The van der Waals surface area contributed by atoms with Crippen LogP contribution in [0.4, 0.5) is 0 Å². The van der Waals surface area contributed by atoms with Crippen LogP contribution in [0, 0.1) is 0 Å². The Morgan fingerprint density at radius 3 is 2.67 bits per heavy atom. The quantitative estimate of drug-likeness (QED) is 0.596. The number of pyridine rings is 2. The molecule has 0 atom stereocenters. The number of hydrogen-bond donors (Lipinski definition) is 0. The third-order valence-corrected chi connectivity index (χ3v) is 2.21. The SMILES string of the molecule is c1cnc2nn(-c3ccncc3)cc2c1. The summed E-state index contributed by atoms with van der Waals surface area (Å²) in [7, 11) is 0. The second-order valence-corrected chi connectivity index (χ2v) is 3.20. The zero-order valence-corrected chi connectivity index (χ0v) is 7.91. The minimum atomic E-state index is 0.759. The third-order valence-electron chi connectivity index (χ3n) is 2.21. The van der Waals surface area contributed by atoms with Crippen LogP contribution in [0.1, 0.15) is 0 Å². The maximum atomic E-state index is 4.36. The van der Waals surface area contributed by atoms with E-state index >= 15 is 0 Å². The van der Waals surface area contributed by atoms with Gasteiger partial charge >= 0.3 is 0 Å². The van der Waals surface area contributed by atoms with Gasteiger partial charge in [0.2, 0.25) is 0 Å². The van der Waals surface area contributed by atoms with Crippen molar-refractivity contribution < 1.29 is 0 Å². The van der Waals surface area contributed by atoms with Gasteiger partial charge in [-0.05, 0) is 24.3 Å². The smallest absolute Gasteiger partial charge is 0.181 e. The van der Waals surface area contributed by atoms with Crippen molar-refractivity contribution >= 4 is 11.0 Å². The summed E-state index contributed by atoms with van der Waals surface area (Å²) in [6.07, 6.45) is 7.19. The van der Waals surface area contributed by atoms with Crippen LogP contribution in [0.2, 0.25) is 0 Å². The van der Waals surface area contributed by atoms with E-state index < -0.39 is 0 Å². The molecule has 3 aromatic heterocycles. The Morgan fingerprint density at radius 1 is 1.00 bits per heavy atom. The highest BCUT2D eigenvalue weighted by Crippen LogP contribution is 2.12. The molecule has 0 aliphatic rings. The lowest BCUT2D eigenvalue weighted by Crippen LogP contribution is -1.93. The molecule has 0 fully saturated rings. The lowest BCUT2D eigenvalue weighted by atomic mass is 10.3. The lowest BCUT2D eigenvalue weighted by Gasteiger charge is -1.97. The summed E-state index contributed by atoms with van der Waals surface area (Å²) in [6.45, 7) is 0. The van der Waals surface area contributed by atoms with E-state index in [4.69, 9.17) is 0 Å². The van der Waals surface area contributed by atoms with Crippen molar-refractivity contribution in [3.8, 4) is 5.69 Å². The van der Waals surface area contributed by atoms with Crippen LogP contribution in [0.3, 0.4) is 0 Å². The monoisotopic (exact) mass is 196 g/mol. The number of aromatic nitrogens is 4. The fourth-order valence-electron chi connectivity index (χ4n) is 1.49. The van der Waals surface area contributed by atoms with Gasteiger partial charge in [-0.1, -0.05) is 0 Å². The largest absolute Gasteiger partial charge is 0.265 e. The van der Waals surface area contributed by atoms with Gasteiger partial charge in [-0.15, -0.1) is 5.10 Å². The van der Waals surface area contributed by atoms with Crippen molar-refractivity contribution in [1.82, 2.24) is 19.7 Å². The maximum Gasteiger partial charge on any atom is 0.181 e. The molecular formula is C11H8N4. The Labute approximate surface area is 86.2 Å². The molecular weight excluding hydrogens is 188 g/mol. The van der Waals surface area contributed by atoms with Crippen LogP contribution < -0.4 is 0 Å². The van der Waals surface area contributed by atoms with Gasteiger partial charge in [-0.3, -0.25) is 4.98 Å². The van der Waals surface area contributed by atoms with Crippen molar-refractivity contribution in [3.05, 3.63) is 49.1 Å². The molecule has 15 heavy (non-hydrogen) atoms. The summed E-state index contributed by atoms with van der Waals surface area (Å²) in [5.41, 5.74) is 1.75. The molecule has 0 radical (unpaired) electrons. The Morgan fingerprint density at radius 2 is 1.87 bits per heavy atom. The summed E-state index contributed by atoms with van der Waals surface area (Å²) in [4.78, 5) is 8.15. The standard InChI is InChI=1S/C11H8N4/c1-2-9-8-15(14-11(9)13-5-1)10-3-6-12-7-4-10/h1-8H. The minimum absolute atomic E-state index is 0.759. The minimum Gasteiger partial charge on any atom is -0.265 e. The van der Waals surface area contributed by atoms with Crippen molar-refractivity contribution in [2.45, 2.75) is 0 Å². The van der Waals surface area contributed by atoms with Gasteiger partial charge in [-0.2, -0.15) is 0 Å². The lowest BCUT2D eigenvalue weighted by molar-refractivity contribution is 0.886. The first-order valence-electron chi connectivity index (χ1n) is 4.64. The first-order valence-corrected chi connectivity index (χ1v) is 4.64. The van der Waals surface area contributed by atoms with Crippen LogP contribution in [-0.2, 0) is 0 Å². The molecule has 3 heterocycles. The highest BCUT2D eigenvalue weighted by molar-refractivity contribution is 5.74. The first-order chi connectivity index (χ1) is 7.43. The van der Waals surface area contributed by atoms with E-state index in [-0.39, 0.29) is 0 Å². The van der Waals surface area contributed by atoms with Gasteiger partial charge in [0.1, 0.15) is 0 Å². The molecule has 0 aliphatic carbocycles. The van der Waals surface area contributed by atoms with Crippen LogP contribution in [-0.4, -0.2) is 19.7 Å². The summed E-state index contributed by atoms with van der Waals surface area (Å²) in [5.74, 6) is 0. The van der Waals surface area contributed by atoms with E-state index in [1.807, 2.05) is 30.5 Å². The Kier molecular flexibility index (Phi) is 1.71. The molecule has 0 amide bonds. The average Bonchev–Trinajstić information content (AvgIpc) is 2.74. The molecule has 72 valence electrons. The van der Waals surface area contributed by atoms with Crippen LogP contribution in [0.5, 0.6) is 0 Å². The van der Waals surface area contributed by atoms with Crippen LogP contribution in [0.15, 0.2) is 49.1 Å². The van der Waals surface area contributed by atoms with E-state index in [1.54, 1.807) is 23.3 Å². The fraction of sp³-hybridized carbons (Fsp3) is 0. The van der Waals surface area contributed by atoms with E-state index in [0.29, 0.717) is 0 Å². The molecule has 3 rings (SSSR count). The zero-order chi connectivity index (χ0) is 10.1. The number of rotatable bonds is 1. The molecule has 0 aliphatic heterocycles. The summed E-state index contributed by atoms with van der Waals surface area (Å²) < 4.78 is 1.80. The van der Waals surface area contributed by atoms with E-state index in [1.165, 1.54) is 0 Å². The normalized spacial score (nSPS) is 10.7. The second-order valence-electron chi connectivity index (χ2n) is 3.20. The highest BCUT2D eigenvalue weighted by Gasteiger charge is 2.01. The first kappa shape index (κ1) is 8.11. The van der Waals surface area contributed by atoms with Gasteiger partial charge in [0.25, 0.3) is 0 Å². The summed E-state index contributed by atoms with van der Waals surface area (Å²) in [6, 6.07) is 7.71. The predicted molar refractivity (Wildman–Crippen MR) is 56.7 cm³/mol. The molecule has 0 saturated carbocycles. The third kappa shape index (κ3) is 1.36. The average molecular weight is 196 g/mol. The zero-order valence-electron chi connectivity index (χ0n) is 7.91. The van der Waals surface area contributed by atoms with E-state index in [0.717, 1.165) is 16.7 Å². The van der Waals surface area contributed by atoms with Gasteiger partial charge in [0.05, 0.1) is 5.69 Å². The van der Waals surface area contributed by atoms with Crippen molar-refractivity contribution in [2.24, 2.45) is 0 Å². The molecule has 0 N–H and O–H groups in total. The van der Waals surface area contributed by atoms with E-state index in [9.17, 15) is 0 Å². The van der Waals surface area contributed by atoms with Crippen molar-refractivity contribution in [3.63, 3.8) is 0 Å². The van der Waals surface area contributed by atoms with Crippen molar-refractivity contribution in [2.75, 3.05) is 0 Å². The van der Waals surface area contributed by atoms with Gasteiger partial charge in [0, 0.05) is 30.2 Å². The summed E-state index contributed by atoms with van der Waals surface area (Å²) in [5, 5.41) is 5.40. The van der Waals surface area contributed by atoms with E-state index in [2.05, 4.69) is 15.1 Å². The molecule has 0 unspecified atom stereocenters. The molecule has 0 spiro atoms. The molecule has 0 bridgehead atoms. The molecule has 4 heteroatoms. The van der Waals surface area contributed by atoms with Gasteiger partial charge < -0.3 is 0 Å². The predicted octanol–water partition coefficient (Wildman–Crippen LogP) is 1.82. The number of nitrogens with zero attached hydrogens (tertiary/aromatic N) is 4. The Balaban J connectivity index is 2.21. The molecule has 3 aromatic rings. The number of fused-ring (bicyclic) bond motifs is 1. The molecule has 0 aromatic carbocycles. The maximum absolute atomic E-state index is 4.36. The fourth-order valence-corrected chi connectivity index (χ4v) is 1.49.